The first-order chi connectivity index (χ1) is 9.51. The fourth-order valence-corrected chi connectivity index (χ4v) is 3.01. The minimum absolute atomic E-state index is 0.129. The van der Waals surface area contributed by atoms with E-state index in [1.807, 2.05) is 24.7 Å². The summed E-state index contributed by atoms with van der Waals surface area (Å²) in [5, 5.41) is 7.82. The predicted octanol–water partition coefficient (Wildman–Crippen LogP) is 3.52. The molecule has 0 fully saturated rings. The molecule has 3 nitrogen and oxygen atoms in total. The lowest BCUT2D eigenvalue weighted by Crippen LogP contribution is -2.24. The number of hydrogen-bond acceptors (Lipinski definition) is 2. The zero-order valence-electron chi connectivity index (χ0n) is 12.0. The van der Waals surface area contributed by atoms with Gasteiger partial charge >= 0.3 is 0 Å². The Labute approximate surface area is 127 Å². The molecular formula is C15H19BrFN3. The Kier molecular flexibility index (Phi) is 4.94. The van der Waals surface area contributed by atoms with Crippen LogP contribution in [0.15, 0.2) is 28.7 Å². The molecule has 20 heavy (non-hydrogen) atoms. The van der Waals surface area contributed by atoms with Crippen LogP contribution in [-0.4, -0.2) is 16.3 Å². The van der Waals surface area contributed by atoms with E-state index in [0.717, 1.165) is 34.4 Å². The Morgan fingerprint density at radius 2 is 2.15 bits per heavy atom. The number of likely N-dealkylation sites (N-methyl/N-ethyl adjacent to an activating group) is 1. The van der Waals surface area contributed by atoms with E-state index >= 15 is 0 Å². The Bertz CT molecular complexity index is 595. The first kappa shape index (κ1) is 15.2. The first-order valence-corrected chi connectivity index (χ1v) is 7.48. The van der Waals surface area contributed by atoms with Crippen LogP contribution in [0.1, 0.15) is 29.9 Å². The average Bonchev–Trinajstić information content (AvgIpc) is 2.67. The van der Waals surface area contributed by atoms with Gasteiger partial charge in [0.2, 0.25) is 0 Å². The quantitative estimate of drug-likeness (QED) is 0.903. The van der Waals surface area contributed by atoms with E-state index in [4.69, 9.17) is 0 Å². The van der Waals surface area contributed by atoms with Crippen molar-refractivity contribution in [3.05, 3.63) is 51.5 Å². The van der Waals surface area contributed by atoms with Gasteiger partial charge in [-0.05, 0) is 37.2 Å². The minimum atomic E-state index is -0.229. The van der Waals surface area contributed by atoms with Crippen LogP contribution >= 0.6 is 15.9 Å². The zero-order valence-corrected chi connectivity index (χ0v) is 13.5. The summed E-state index contributed by atoms with van der Waals surface area (Å²) in [6, 6.07) is 7.05. The summed E-state index contributed by atoms with van der Waals surface area (Å²) in [7, 11) is 1.95. The second-order valence-corrected chi connectivity index (χ2v) is 5.74. The molecule has 0 saturated carbocycles. The summed E-state index contributed by atoms with van der Waals surface area (Å²) in [6.07, 6.45) is 0.815. The van der Waals surface area contributed by atoms with E-state index in [-0.39, 0.29) is 11.9 Å². The lowest BCUT2D eigenvalue weighted by Gasteiger charge is -2.20. The topological polar surface area (TPSA) is 29.9 Å². The number of aromatic nitrogens is 2. The summed E-state index contributed by atoms with van der Waals surface area (Å²) in [4.78, 5) is 0. The summed E-state index contributed by atoms with van der Waals surface area (Å²) >= 11 is 3.45. The number of aryl methyl sites for hydroxylation is 2. The van der Waals surface area contributed by atoms with Gasteiger partial charge in [0.1, 0.15) is 5.82 Å². The molecule has 2 rings (SSSR count). The molecule has 1 aromatic carbocycles. The highest BCUT2D eigenvalue weighted by atomic mass is 79.9. The second-order valence-electron chi connectivity index (χ2n) is 4.88. The van der Waals surface area contributed by atoms with Gasteiger partial charge in [0.05, 0.1) is 5.69 Å². The van der Waals surface area contributed by atoms with Crippen molar-refractivity contribution >= 4 is 15.9 Å². The van der Waals surface area contributed by atoms with Crippen molar-refractivity contribution in [3.63, 3.8) is 0 Å². The number of nitrogens with zero attached hydrogens (tertiary/aromatic N) is 2. The molecule has 0 aliphatic heterocycles. The molecule has 0 amide bonds. The summed E-state index contributed by atoms with van der Waals surface area (Å²) < 4.78 is 15.9. The molecule has 108 valence electrons. The number of rotatable bonds is 5. The maximum Gasteiger partial charge on any atom is 0.124 e. The van der Waals surface area contributed by atoms with E-state index in [1.165, 1.54) is 12.1 Å². The molecule has 1 atom stereocenters. The smallest absolute Gasteiger partial charge is 0.124 e. The standard InChI is InChI=1S/C15H19BrFN3/c1-4-18-15(9-12-7-10(2)19-20(12)3)13-6-5-11(17)8-14(13)16/h5-8,15,18H,4,9H2,1-3H3. The van der Waals surface area contributed by atoms with Gasteiger partial charge in [-0.15, -0.1) is 0 Å². The number of nitrogens with one attached hydrogen (secondary N) is 1. The Morgan fingerprint density at radius 3 is 2.70 bits per heavy atom. The largest absolute Gasteiger partial charge is 0.310 e. The summed E-state index contributed by atoms with van der Waals surface area (Å²) in [5.41, 5.74) is 3.23. The lowest BCUT2D eigenvalue weighted by molar-refractivity contribution is 0.525. The number of halogens is 2. The Balaban J connectivity index is 2.29. The summed E-state index contributed by atoms with van der Waals surface area (Å²) in [6.45, 7) is 4.91. The van der Waals surface area contributed by atoms with Crippen LogP contribution in [0.25, 0.3) is 0 Å². The van der Waals surface area contributed by atoms with Gasteiger partial charge < -0.3 is 5.32 Å². The Hall–Kier alpha value is -1.20. The predicted molar refractivity (Wildman–Crippen MR) is 82.2 cm³/mol. The molecule has 1 aromatic heterocycles. The van der Waals surface area contributed by atoms with Crippen molar-refractivity contribution in [2.45, 2.75) is 26.3 Å². The molecule has 1 N–H and O–H groups in total. The van der Waals surface area contributed by atoms with Gasteiger partial charge in [-0.2, -0.15) is 5.10 Å². The monoisotopic (exact) mass is 339 g/mol. The molecule has 0 aliphatic carbocycles. The summed E-state index contributed by atoms with van der Waals surface area (Å²) in [5.74, 6) is -0.229. The van der Waals surface area contributed by atoms with Gasteiger partial charge in [0, 0.05) is 29.7 Å². The molecule has 1 unspecified atom stereocenters. The highest BCUT2D eigenvalue weighted by Crippen LogP contribution is 2.27. The minimum Gasteiger partial charge on any atom is -0.310 e. The molecule has 1 heterocycles. The number of benzene rings is 1. The van der Waals surface area contributed by atoms with E-state index < -0.39 is 0 Å². The van der Waals surface area contributed by atoms with Crippen molar-refractivity contribution in [1.82, 2.24) is 15.1 Å². The van der Waals surface area contributed by atoms with Crippen molar-refractivity contribution in [1.29, 1.82) is 0 Å². The van der Waals surface area contributed by atoms with Crippen LogP contribution in [0.4, 0.5) is 4.39 Å². The Morgan fingerprint density at radius 1 is 1.40 bits per heavy atom. The molecule has 0 saturated heterocycles. The molecule has 0 spiro atoms. The fourth-order valence-electron chi connectivity index (χ4n) is 2.39. The van der Waals surface area contributed by atoms with Crippen LogP contribution in [0.3, 0.4) is 0 Å². The third kappa shape index (κ3) is 3.46. The van der Waals surface area contributed by atoms with E-state index in [9.17, 15) is 4.39 Å². The second kappa shape index (κ2) is 6.50. The SMILES string of the molecule is CCNC(Cc1cc(C)nn1C)c1ccc(F)cc1Br. The van der Waals surface area contributed by atoms with E-state index in [0.29, 0.717) is 0 Å². The van der Waals surface area contributed by atoms with Crippen molar-refractivity contribution < 1.29 is 4.39 Å². The van der Waals surface area contributed by atoms with Crippen LogP contribution < -0.4 is 5.32 Å². The van der Waals surface area contributed by atoms with Crippen molar-refractivity contribution in [2.24, 2.45) is 7.05 Å². The van der Waals surface area contributed by atoms with Crippen LogP contribution in [0, 0.1) is 12.7 Å². The van der Waals surface area contributed by atoms with Gasteiger partial charge in [-0.25, -0.2) is 4.39 Å². The van der Waals surface area contributed by atoms with E-state index in [2.05, 4.69) is 39.3 Å². The molecular weight excluding hydrogens is 321 g/mol. The molecule has 0 aliphatic rings. The van der Waals surface area contributed by atoms with Gasteiger partial charge in [-0.3, -0.25) is 4.68 Å². The zero-order chi connectivity index (χ0) is 14.7. The fraction of sp³-hybridized carbons (Fsp3) is 0.400. The molecule has 5 heteroatoms. The third-order valence-electron chi connectivity index (χ3n) is 3.30. The number of hydrogen-bond donors (Lipinski definition) is 1. The van der Waals surface area contributed by atoms with Crippen molar-refractivity contribution in [3.8, 4) is 0 Å². The maximum absolute atomic E-state index is 13.2. The van der Waals surface area contributed by atoms with Crippen molar-refractivity contribution in [2.75, 3.05) is 6.54 Å². The highest BCUT2D eigenvalue weighted by molar-refractivity contribution is 9.10. The van der Waals surface area contributed by atoms with Crippen LogP contribution in [0.2, 0.25) is 0 Å². The van der Waals surface area contributed by atoms with Gasteiger partial charge in [0.15, 0.2) is 0 Å². The highest BCUT2D eigenvalue weighted by Gasteiger charge is 2.16. The van der Waals surface area contributed by atoms with Gasteiger partial charge in [0.25, 0.3) is 0 Å². The third-order valence-corrected chi connectivity index (χ3v) is 3.99. The van der Waals surface area contributed by atoms with Gasteiger partial charge in [-0.1, -0.05) is 28.9 Å². The first-order valence-electron chi connectivity index (χ1n) is 6.69. The van der Waals surface area contributed by atoms with Crippen LogP contribution in [-0.2, 0) is 13.5 Å². The normalized spacial score (nSPS) is 12.7. The maximum atomic E-state index is 13.2. The van der Waals surface area contributed by atoms with E-state index in [1.54, 1.807) is 0 Å². The molecule has 0 radical (unpaired) electrons. The molecule has 0 bridgehead atoms. The van der Waals surface area contributed by atoms with Crippen LogP contribution in [0.5, 0.6) is 0 Å². The average molecular weight is 340 g/mol. The molecule has 2 aromatic rings. The lowest BCUT2D eigenvalue weighted by atomic mass is 10.0.